The molecule has 0 aromatic rings. The summed E-state index contributed by atoms with van der Waals surface area (Å²) in [6, 6.07) is -0.712. The Morgan fingerprint density at radius 1 is 0.558 bits per heavy atom. The van der Waals surface area contributed by atoms with Crippen molar-refractivity contribution in [3.05, 3.63) is 36.5 Å². The molecule has 6 heteroatoms. The third kappa shape index (κ3) is 35.1. The van der Waals surface area contributed by atoms with Gasteiger partial charge in [0.25, 0.3) is 0 Å². The molecule has 0 aliphatic carbocycles. The highest BCUT2D eigenvalue weighted by Crippen LogP contribution is 2.16. The molecule has 0 aliphatic heterocycles. The van der Waals surface area contributed by atoms with Crippen molar-refractivity contribution in [1.29, 1.82) is 0 Å². The number of aliphatic hydroxyl groups excluding tert-OH is 2. The standard InChI is InChI=1S/C46H85NO5/c1-4-7-10-13-16-19-22-23-24-27-30-33-36-39-46(51)52-42(37-34-31-28-25-20-17-14-11-8-5-2)40-45(50)47-43(41-48)44(49)38-35-32-29-26-21-18-15-12-9-6-3/h17,20,23-24,30,33,42-44,48-49H,4-16,18-19,21-22,25-29,31-32,34-41H2,1-3H3,(H,47,50)/b20-17-,24-23-,33-30+. The molecule has 1 amide bonds. The first-order valence-corrected chi connectivity index (χ1v) is 22.2. The smallest absolute Gasteiger partial charge is 0.306 e. The molecule has 0 saturated heterocycles. The summed E-state index contributed by atoms with van der Waals surface area (Å²) in [6.45, 7) is 6.40. The van der Waals surface area contributed by atoms with E-state index in [-0.39, 0.29) is 31.3 Å². The van der Waals surface area contributed by atoms with Crippen LogP contribution in [0.15, 0.2) is 36.5 Å². The number of unbranched alkanes of at least 4 members (excludes halogenated alkanes) is 21. The van der Waals surface area contributed by atoms with Gasteiger partial charge >= 0.3 is 5.97 Å². The Balaban J connectivity index is 4.67. The Morgan fingerprint density at radius 2 is 0.981 bits per heavy atom. The molecule has 0 bridgehead atoms. The zero-order valence-corrected chi connectivity index (χ0v) is 34.4. The monoisotopic (exact) mass is 732 g/mol. The highest BCUT2D eigenvalue weighted by atomic mass is 16.5. The van der Waals surface area contributed by atoms with Crippen LogP contribution >= 0.6 is 0 Å². The van der Waals surface area contributed by atoms with E-state index in [2.05, 4.69) is 56.5 Å². The van der Waals surface area contributed by atoms with E-state index < -0.39 is 18.2 Å². The van der Waals surface area contributed by atoms with Crippen molar-refractivity contribution >= 4 is 11.9 Å². The molecule has 0 aromatic carbocycles. The summed E-state index contributed by atoms with van der Waals surface area (Å²) in [5.41, 5.74) is 0. The summed E-state index contributed by atoms with van der Waals surface area (Å²) < 4.78 is 5.84. The summed E-state index contributed by atoms with van der Waals surface area (Å²) in [5, 5.41) is 23.5. The Morgan fingerprint density at radius 3 is 1.54 bits per heavy atom. The molecule has 6 nitrogen and oxygen atoms in total. The number of ether oxygens (including phenoxy) is 1. The predicted octanol–water partition coefficient (Wildman–Crippen LogP) is 12.6. The second-order valence-corrected chi connectivity index (χ2v) is 15.1. The fourth-order valence-corrected chi connectivity index (χ4v) is 6.53. The minimum atomic E-state index is -0.795. The molecule has 3 atom stereocenters. The first-order chi connectivity index (χ1) is 25.5. The Bertz CT molecular complexity index is 869. The number of esters is 1. The topological polar surface area (TPSA) is 95.9 Å². The summed E-state index contributed by atoms with van der Waals surface area (Å²) in [4.78, 5) is 25.9. The van der Waals surface area contributed by atoms with Crippen molar-refractivity contribution in [3.8, 4) is 0 Å². The Kier molecular flexibility index (Phi) is 38.8. The van der Waals surface area contributed by atoms with Gasteiger partial charge in [0, 0.05) is 6.42 Å². The van der Waals surface area contributed by atoms with Crippen LogP contribution in [0.3, 0.4) is 0 Å². The maximum absolute atomic E-state index is 13.1. The van der Waals surface area contributed by atoms with Gasteiger partial charge in [0.2, 0.25) is 5.91 Å². The highest BCUT2D eigenvalue weighted by Gasteiger charge is 2.23. The molecule has 0 aliphatic rings. The molecular weight excluding hydrogens is 647 g/mol. The van der Waals surface area contributed by atoms with E-state index in [9.17, 15) is 19.8 Å². The SMILES string of the molecule is CCCCC/C=C\CCCCCC(CC(=O)NC(CO)C(O)CCCCCCCCCCCC)OC(=O)CC/C=C/C/C=C\CCCCCCCC. The van der Waals surface area contributed by atoms with Crippen LogP contribution < -0.4 is 5.32 Å². The average Bonchev–Trinajstić information content (AvgIpc) is 3.13. The summed E-state index contributed by atoms with van der Waals surface area (Å²) in [6.07, 6.45) is 45.0. The van der Waals surface area contributed by atoms with E-state index in [1.807, 2.05) is 6.08 Å². The predicted molar refractivity (Wildman–Crippen MR) is 222 cm³/mol. The molecule has 0 radical (unpaired) electrons. The Labute approximate surface area is 322 Å². The molecule has 304 valence electrons. The maximum atomic E-state index is 13.1. The number of allylic oxidation sites excluding steroid dienone is 6. The number of nitrogens with one attached hydrogen (secondary N) is 1. The molecule has 0 aromatic heterocycles. The third-order valence-corrected chi connectivity index (χ3v) is 9.96. The van der Waals surface area contributed by atoms with Crippen molar-refractivity contribution < 1.29 is 24.5 Å². The number of hydrogen-bond donors (Lipinski definition) is 3. The summed E-state index contributed by atoms with van der Waals surface area (Å²) >= 11 is 0. The van der Waals surface area contributed by atoms with Gasteiger partial charge in [-0.3, -0.25) is 9.59 Å². The Hall–Kier alpha value is -1.92. The van der Waals surface area contributed by atoms with Gasteiger partial charge in [-0.1, -0.05) is 173 Å². The quantitative estimate of drug-likeness (QED) is 0.0332. The fraction of sp³-hybridized carbons (Fsp3) is 0.826. The van der Waals surface area contributed by atoms with Gasteiger partial charge in [0.05, 0.1) is 25.2 Å². The second-order valence-electron chi connectivity index (χ2n) is 15.1. The normalized spacial score (nSPS) is 13.7. The zero-order chi connectivity index (χ0) is 38.2. The molecule has 3 unspecified atom stereocenters. The van der Waals surface area contributed by atoms with E-state index in [0.29, 0.717) is 19.3 Å². The number of carbonyl (C=O) groups excluding carboxylic acids is 2. The summed E-state index contributed by atoms with van der Waals surface area (Å²) in [7, 11) is 0. The number of hydrogen-bond acceptors (Lipinski definition) is 5. The lowest BCUT2D eigenvalue weighted by Gasteiger charge is -2.24. The van der Waals surface area contributed by atoms with Crippen LogP contribution in [0.4, 0.5) is 0 Å². The minimum absolute atomic E-state index is 0.0454. The number of rotatable bonds is 39. The number of amides is 1. The first kappa shape index (κ1) is 50.1. The van der Waals surface area contributed by atoms with Crippen molar-refractivity contribution in [2.45, 2.75) is 238 Å². The van der Waals surface area contributed by atoms with Crippen molar-refractivity contribution in [2.75, 3.05) is 6.61 Å². The molecule has 52 heavy (non-hydrogen) atoms. The van der Waals surface area contributed by atoms with Crippen LogP contribution in [0.5, 0.6) is 0 Å². The number of aliphatic hydroxyl groups is 2. The molecule has 0 saturated carbocycles. The van der Waals surface area contributed by atoms with Crippen molar-refractivity contribution in [1.82, 2.24) is 5.32 Å². The average molecular weight is 732 g/mol. The second kappa shape index (κ2) is 40.3. The third-order valence-electron chi connectivity index (χ3n) is 9.96. The van der Waals surface area contributed by atoms with Gasteiger partial charge in [0.15, 0.2) is 0 Å². The van der Waals surface area contributed by atoms with Crippen LogP contribution in [0.25, 0.3) is 0 Å². The van der Waals surface area contributed by atoms with Gasteiger partial charge in [0.1, 0.15) is 6.10 Å². The lowest BCUT2D eigenvalue weighted by Crippen LogP contribution is -2.46. The van der Waals surface area contributed by atoms with E-state index >= 15 is 0 Å². The molecular formula is C46H85NO5. The zero-order valence-electron chi connectivity index (χ0n) is 34.4. The van der Waals surface area contributed by atoms with Crippen LogP contribution in [0, 0.1) is 0 Å². The molecule has 0 rings (SSSR count). The first-order valence-electron chi connectivity index (χ1n) is 22.2. The van der Waals surface area contributed by atoms with Gasteiger partial charge in [-0.05, 0) is 70.6 Å². The largest absolute Gasteiger partial charge is 0.462 e. The maximum Gasteiger partial charge on any atom is 0.306 e. The molecule has 0 fully saturated rings. The van der Waals surface area contributed by atoms with Crippen molar-refractivity contribution in [3.63, 3.8) is 0 Å². The highest BCUT2D eigenvalue weighted by molar-refractivity contribution is 5.77. The van der Waals surface area contributed by atoms with Crippen LogP contribution in [-0.4, -0.2) is 46.9 Å². The van der Waals surface area contributed by atoms with Crippen LogP contribution in [-0.2, 0) is 14.3 Å². The van der Waals surface area contributed by atoms with Gasteiger partial charge in [-0.25, -0.2) is 0 Å². The van der Waals surface area contributed by atoms with Gasteiger partial charge in [-0.2, -0.15) is 0 Å². The van der Waals surface area contributed by atoms with Crippen molar-refractivity contribution in [2.24, 2.45) is 0 Å². The summed E-state index contributed by atoms with van der Waals surface area (Å²) in [5.74, 6) is -0.572. The van der Waals surface area contributed by atoms with E-state index in [0.717, 1.165) is 64.2 Å². The fourth-order valence-electron chi connectivity index (χ4n) is 6.53. The van der Waals surface area contributed by atoms with E-state index in [4.69, 9.17) is 4.74 Å². The van der Waals surface area contributed by atoms with Crippen LogP contribution in [0.1, 0.15) is 220 Å². The van der Waals surface area contributed by atoms with E-state index in [1.54, 1.807) is 0 Å². The van der Waals surface area contributed by atoms with E-state index in [1.165, 1.54) is 103 Å². The molecule has 0 heterocycles. The lowest BCUT2D eigenvalue weighted by atomic mass is 10.0. The lowest BCUT2D eigenvalue weighted by molar-refractivity contribution is -0.150. The molecule has 0 spiro atoms. The molecule has 3 N–H and O–H groups in total. The van der Waals surface area contributed by atoms with Crippen LogP contribution in [0.2, 0.25) is 0 Å². The number of carbonyl (C=O) groups is 2. The minimum Gasteiger partial charge on any atom is -0.462 e. The van der Waals surface area contributed by atoms with Gasteiger partial charge in [-0.15, -0.1) is 0 Å². The van der Waals surface area contributed by atoms with Gasteiger partial charge < -0.3 is 20.3 Å².